The first-order valence-electron chi connectivity index (χ1n) is 9.40. The molecule has 1 aliphatic heterocycles. The molecule has 1 fully saturated rings. The van der Waals surface area contributed by atoms with E-state index in [1.807, 2.05) is 26.1 Å². The van der Waals surface area contributed by atoms with Gasteiger partial charge in [-0.05, 0) is 80.1 Å². The van der Waals surface area contributed by atoms with Crippen LogP contribution in [0.3, 0.4) is 0 Å². The van der Waals surface area contributed by atoms with E-state index in [4.69, 9.17) is 16.6 Å². The molecule has 2 nitrogen and oxygen atoms in total. The van der Waals surface area contributed by atoms with Gasteiger partial charge >= 0.3 is 0 Å². The van der Waals surface area contributed by atoms with Crippen molar-refractivity contribution in [2.45, 2.75) is 46.5 Å². The number of hydrogen-bond donors (Lipinski definition) is 1. The lowest BCUT2D eigenvalue weighted by Crippen LogP contribution is -2.24. The number of piperidine rings is 1. The third kappa shape index (κ3) is 3.80. The summed E-state index contributed by atoms with van der Waals surface area (Å²) in [7, 11) is 0. The Balaban J connectivity index is 0.000000880. The average molecular weight is 355 g/mol. The van der Waals surface area contributed by atoms with Crippen LogP contribution in [0, 0.1) is 6.92 Å². The first kappa shape index (κ1) is 18.2. The normalized spacial score (nSPS) is 16.3. The SMILES string of the molecule is CC.Cc1cnc2c(c1)CCc1cc(Cl)ccc1C2=C1CCNCC1. The van der Waals surface area contributed by atoms with Crippen LogP contribution in [0.1, 0.15) is 54.6 Å². The summed E-state index contributed by atoms with van der Waals surface area (Å²) in [5.41, 5.74) is 9.39. The van der Waals surface area contributed by atoms with Gasteiger partial charge in [-0.3, -0.25) is 4.98 Å². The van der Waals surface area contributed by atoms with Gasteiger partial charge in [0.25, 0.3) is 0 Å². The third-order valence-corrected chi connectivity index (χ3v) is 5.14. The van der Waals surface area contributed by atoms with Crippen LogP contribution >= 0.6 is 11.6 Å². The zero-order valence-electron chi connectivity index (χ0n) is 15.5. The van der Waals surface area contributed by atoms with Crippen molar-refractivity contribution in [3.8, 4) is 0 Å². The molecule has 0 atom stereocenters. The van der Waals surface area contributed by atoms with E-state index in [9.17, 15) is 0 Å². The van der Waals surface area contributed by atoms with Gasteiger partial charge < -0.3 is 5.32 Å². The number of nitrogens with one attached hydrogen (secondary N) is 1. The van der Waals surface area contributed by atoms with Gasteiger partial charge in [-0.1, -0.05) is 43.2 Å². The quantitative estimate of drug-likeness (QED) is 0.689. The van der Waals surface area contributed by atoms with Crippen molar-refractivity contribution in [3.63, 3.8) is 0 Å². The zero-order chi connectivity index (χ0) is 17.8. The van der Waals surface area contributed by atoms with E-state index in [-0.39, 0.29) is 0 Å². The number of benzene rings is 1. The minimum atomic E-state index is 0.827. The van der Waals surface area contributed by atoms with Crippen molar-refractivity contribution in [1.29, 1.82) is 0 Å². The fourth-order valence-corrected chi connectivity index (χ4v) is 3.99. The number of hydrogen-bond acceptors (Lipinski definition) is 2. The summed E-state index contributed by atoms with van der Waals surface area (Å²) in [6.45, 7) is 8.24. The van der Waals surface area contributed by atoms with Gasteiger partial charge in [0.05, 0.1) is 5.69 Å². The Morgan fingerprint density at radius 3 is 2.44 bits per heavy atom. The Morgan fingerprint density at radius 2 is 1.68 bits per heavy atom. The van der Waals surface area contributed by atoms with Gasteiger partial charge in [-0.25, -0.2) is 0 Å². The molecule has 0 unspecified atom stereocenters. The van der Waals surface area contributed by atoms with E-state index in [1.165, 1.54) is 39.1 Å². The topological polar surface area (TPSA) is 24.9 Å². The monoisotopic (exact) mass is 354 g/mol. The third-order valence-electron chi connectivity index (χ3n) is 4.90. The number of fused-ring (bicyclic) bond motifs is 2. The van der Waals surface area contributed by atoms with Crippen molar-refractivity contribution in [3.05, 3.63) is 69.0 Å². The van der Waals surface area contributed by atoms with Crippen molar-refractivity contribution < 1.29 is 0 Å². The molecular weight excluding hydrogens is 328 g/mol. The van der Waals surface area contributed by atoms with Crippen LogP contribution < -0.4 is 5.32 Å². The Kier molecular flexibility index (Phi) is 5.93. The average Bonchev–Trinajstić information content (AvgIpc) is 2.80. The molecule has 2 heterocycles. The second-order valence-corrected chi connectivity index (χ2v) is 6.99. The van der Waals surface area contributed by atoms with Crippen LogP contribution in [-0.4, -0.2) is 18.1 Å². The lowest BCUT2D eigenvalue weighted by atomic mass is 9.89. The maximum absolute atomic E-state index is 6.26. The lowest BCUT2D eigenvalue weighted by molar-refractivity contribution is 0.611. The second-order valence-electron chi connectivity index (χ2n) is 6.55. The molecule has 1 aromatic carbocycles. The maximum Gasteiger partial charge on any atom is 0.0739 e. The number of aromatic nitrogens is 1. The van der Waals surface area contributed by atoms with Gasteiger partial charge in [0.1, 0.15) is 0 Å². The van der Waals surface area contributed by atoms with Crippen LogP contribution in [0.15, 0.2) is 36.0 Å². The van der Waals surface area contributed by atoms with Crippen molar-refractivity contribution in [1.82, 2.24) is 10.3 Å². The van der Waals surface area contributed by atoms with E-state index in [0.717, 1.165) is 43.8 Å². The summed E-state index contributed by atoms with van der Waals surface area (Å²) in [6, 6.07) is 8.65. The van der Waals surface area contributed by atoms with Gasteiger partial charge in [-0.15, -0.1) is 0 Å². The first-order valence-corrected chi connectivity index (χ1v) is 9.77. The second kappa shape index (κ2) is 8.16. The van der Waals surface area contributed by atoms with Crippen LogP contribution in [0.4, 0.5) is 0 Å². The smallest absolute Gasteiger partial charge is 0.0739 e. The molecule has 0 spiro atoms. The Bertz CT molecular complexity index is 729. The molecule has 0 amide bonds. The zero-order valence-corrected chi connectivity index (χ0v) is 16.2. The molecule has 1 aromatic heterocycles. The molecule has 0 radical (unpaired) electrons. The Morgan fingerprint density at radius 1 is 0.960 bits per heavy atom. The minimum Gasteiger partial charge on any atom is -0.316 e. The maximum atomic E-state index is 6.26. The number of rotatable bonds is 0. The molecule has 1 aliphatic carbocycles. The molecular formula is C22H27ClN2. The Labute approximate surface area is 156 Å². The Hall–Kier alpha value is -1.64. The fraction of sp³-hybridized carbons (Fsp3) is 0.409. The number of aryl methyl sites for hydroxylation is 3. The molecule has 25 heavy (non-hydrogen) atoms. The summed E-state index contributed by atoms with van der Waals surface area (Å²) < 4.78 is 0. The molecule has 3 heteroatoms. The van der Waals surface area contributed by atoms with Gasteiger partial charge in [-0.2, -0.15) is 0 Å². The summed E-state index contributed by atoms with van der Waals surface area (Å²) in [6.07, 6.45) is 6.27. The van der Waals surface area contributed by atoms with Gasteiger partial charge in [0.2, 0.25) is 0 Å². The van der Waals surface area contributed by atoms with E-state index in [2.05, 4.69) is 30.4 Å². The van der Waals surface area contributed by atoms with E-state index < -0.39 is 0 Å². The molecule has 4 rings (SSSR count). The highest BCUT2D eigenvalue weighted by Gasteiger charge is 2.23. The number of nitrogens with zero attached hydrogens (tertiary/aromatic N) is 1. The number of halogens is 1. The predicted octanol–water partition coefficient (Wildman–Crippen LogP) is 5.35. The molecule has 132 valence electrons. The summed E-state index contributed by atoms with van der Waals surface area (Å²) in [4.78, 5) is 4.85. The predicted molar refractivity (Wildman–Crippen MR) is 107 cm³/mol. The van der Waals surface area contributed by atoms with Gasteiger partial charge in [0, 0.05) is 16.8 Å². The van der Waals surface area contributed by atoms with Crippen molar-refractivity contribution in [2.24, 2.45) is 0 Å². The van der Waals surface area contributed by atoms with Crippen LogP contribution in [0.2, 0.25) is 5.02 Å². The highest BCUT2D eigenvalue weighted by atomic mass is 35.5. The lowest BCUT2D eigenvalue weighted by Gasteiger charge is -2.22. The number of pyridine rings is 1. The van der Waals surface area contributed by atoms with E-state index in [1.54, 1.807) is 0 Å². The molecule has 0 saturated carbocycles. The highest BCUT2D eigenvalue weighted by molar-refractivity contribution is 6.30. The minimum absolute atomic E-state index is 0.827. The van der Waals surface area contributed by atoms with Crippen LogP contribution in [0.5, 0.6) is 0 Å². The molecule has 2 aliphatic rings. The van der Waals surface area contributed by atoms with E-state index >= 15 is 0 Å². The fourth-order valence-electron chi connectivity index (χ4n) is 3.79. The molecule has 2 aromatic rings. The highest BCUT2D eigenvalue weighted by Crippen LogP contribution is 2.37. The largest absolute Gasteiger partial charge is 0.316 e. The van der Waals surface area contributed by atoms with Gasteiger partial charge in [0.15, 0.2) is 0 Å². The summed E-state index contributed by atoms with van der Waals surface area (Å²) in [5, 5.41) is 4.29. The van der Waals surface area contributed by atoms with Crippen LogP contribution in [0.25, 0.3) is 5.57 Å². The molecule has 1 N–H and O–H groups in total. The molecule has 0 bridgehead atoms. The summed E-state index contributed by atoms with van der Waals surface area (Å²) >= 11 is 6.26. The van der Waals surface area contributed by atoms with Crippen molar-refractivity contribution in [2.75, 3.05) is 13.1 Å². The summed E-state index contributed by atoms with van der Waals surface area (Å²) in [5.74, 6) is 0. The van der Waals surface area contributed by atoms with Crippen LogP contribution in [-0.2, 0) is 12.8 Å². The van der Waals surface area contributed by atoms with Crippen molar-refractivity contribution >= 4 is 17.2 Å². The standard InChI is InChI=1S/C20H21ClN2.C2H6/c1-13-10-16-3-2-15-11-17(21)4-5-18(15)19(20(16)23-12-13)14-6-8-22-9-7-14;1-2/h4-5,10-12,22H,2-3,6-9H2,1H3;1-2H3. The first-order chi connectivity index (χ1) is 12.2. The molecule has 1 saturated heterocycles. The van der Waals surface area contributed by atoms with E-state index in [0.29, 0.717) is 0 Å².